The fourth-order valence-corrected chi connectivity index (χ4v) is 3.73. The van der Waals surface area contributed by atoms with Gasteiger partial charge in [-0.3, -0.25) is 9.59 Å². The maximum Gasteiger partial charge on any atom is 0.224 e. The van der Waals surface area contributed by atoms with Gasteiger partial charge in [0.1, 0.15) is 5.76 Å². The molecule has 6 heteroatoms. The van der Waals surface area contributed by atoms with Crippen LogP contribution in [0.1, 0.15) is 41.8 Å². The normalized spacial score (nSPS) is 17.0. The lowest BCUT2D eigenvalue weighted by Crippen LogP contribution is -2.46. The van der Waals surface area contributed by atoms with E-state index in [1.165, 1.54) is 5.56 Å². The van der Waals surface area contributed by atoms with Crippen LogP contribution in [0.4, 0.5) is 0 Å². The van der Waals surface area contributed by atoms with Gasteiger partial charge in [0.05, 0.1) is 11.6 Å². The van der Waals surface area contributed by atoms with Crippen LogP contribution in [0.25, 0.3) is 0 Å². The lowest BCUT2D eigenvalue weighted by molar-refractivity contribution is -0.138. The van der Waals surface area contributed by atoms with Crippen molar-refractivity contribution in [2.75, 3.05) is 19.6 Å². The highest BCUT2D eigenvalue weighted by Crippen LogP contribution is 2.19. The van der Waals surface area contributed by atoms with E-state index in [0.29, 0.717) is 32.5 Å². The molecule has 150 valence electrons. The summed E-state index contributed by atoms with van der Waals surface area (Å²) in [6, 6.07) is 10.1. The van der Waals surface area contributed by atoms with E-state index in [9.17, 15) is 9.59 Å². The Morgan fingerprint density at radius 1 is 1.25 bits per heavy atom. The van der Waals surface area contributed by atoms with Crippen molar-refractivity contribution in [1.82, 2.24) is 15.4 Å². The van der Waals surface area contributed by atoms with Crippen LogP contribution in [0.2, 0.25) is 0 Å². The molecule has 3 rings (SSSR count). The summed E-state index contributed by atoms with van der Waals surface area (Å²) < 4.78 is 5.17. The van der Waals surface area contributed by atoms with Crippen LogP contribution < -0.4 is 5.32 Å². The molecule has 0 aliphatic carbocycles. The van der Waals surface area contributed by atoms with E-state index in [2.05, 4.69) is 22.6 Å². The molecule has 0 spiro atoms. The van der Waals surface area contributed by atoms with Gasteiger partial charge in [0.15, 0.2) is 0 Å². The molecule has 2 aromatic rings. The van der Waals surface area contributed by atoms with Crippen molar-refractivity contribution in [3.8, 4) is 0 Å². The first-order chi connectivity index (χ1) is 13.5. The van der Waals surface area contributed by atoms with E-state index in [1.54, 1.807) is 0 Å². The molecule has 1 N–H and O–H groups in total. The summed E-state index contributed by atoms with van der Waals surface area (Å²) in [6.07, 6.45) is 3.59. The Labute approximate surface area is 166 Å². The Hall–Kier alpha value is -2.63. The van der Waals surface area contributed by atoms with E-state index < -0.39 is 0 Å². The molecule has 28 heavy (non-hydrogen) atoms. The Balaban J connectivity index is 1.42. The van der Waals surface area contributed by atoms with Crippen molar-refractivity contribution in [3.63, 3.8) is 0 Å². The molecule has 0 radical (unpaired) electrons. The lowest BCUT2D eigenvalue weighted by atomic mass is 9.96. The minimum atomic E-state index is -0.118. The number of benzene rings is 1. The van der Waals surface area contributed by atoms with Crippen LogP contribution in [0.15, 0.2) is 34.9 Å². The summed E-state index contributed by atoms with van der Waals surface area (Å²) in [5, 5.41) is 6.99. The number of amides is 2. The minimum Gasteiger partial charge on any atom is -0.361 e. The van der Waals surface area contributed by atoms with E-state index in [0.717, 1.165) is 36.3 Å². The fraction of sp³-hybridized carbons (Fsp3) is 0.500. The number of piperidine rings is 1. The second-order valence-corrected chi connectivity index (χ2v) is 7.51. The Kier molecular flexibility index (Phi) is 6.85. The van der Waals surface area contributed by atoms with Gasteiger partial charge in [0.2, 0.25) is 11.8 Å². The predicted octanol–water partition coefficient (Wildman–Crippen LogP) is 2.82. The minimum absolute atomic E-state index is 0.0518. The first kappa shape index (κ1) is 20.1. The van der Waals surface area contributed by atoms with Crippen molar-refractivity contribution in [2.45, 2.75) is 46.0 Å². The average Bonchev–Trinajstić information content (AvgIpc) is 3.03. The van der Waals surface area contributed by atoms with E-state index in [-0.39, 0.29) is 17.7 Å². The zero-order chi connectivity index (χ0) is 19.9. The number of nitrogens with zero attached hydrogens (tertiary/aromatic N) is 2. The van der Waals surface area contributed by atoms with Gasteiger partial charge in [-0.05, 0) is 45.1 Å². The Morgan fingerprint density at radius 2 is 2.04 bits per heavy atom. The molecule has 1 aromatic heterocycles. The van der Waals surface area contributed by atoms with Crippen molar-refractivity contribution < 1.29 is 14.1 Å². The molecule has 0 saturated carbocycles. The van der Waals surface area contributed by atoms with Gasteiger partial charge in [-0.15, -0.1) is 0 Å². The fourth-order valence-electron chi connectivity index (χ4n) is 3.73. The highest BCUT2D eigenvalue weighted by atomic mass is 16.5. The molecular weight excluding hydrogens is 354 g/mol. The van der Waals surface area contributed by atoms with Crippen molar-refractivity contribution >= 4 is 11.8 Å². The number of aromatic nitrogens is 1. The molecule has 1 aromatic carbocycles. The van der Waals surface area contributed by atoms with Crippen LogP contribution in [0, 0.1) is 19.8 Å². The first-order valence-corrected chi connectivity index (χ1v) is 10.1. The third-order valence-corrected chi connectivity index (χ3v) is 5.47. The molecular formula is C22H29N3O3. The SMILES string of the molecule is Cc1noc(C)c1CCCNC(=O)C1CCC(=O)N(CCc2ccccc2)C1. The van der Waals surface area contributed by atoms with Crippen molar-refractivity contribution in [2.24, 2.45) is 5.92 Å². The maximum atomic E-state index is 12.5. The summed E-state index contributed by atoms with van der Waals surface area (Å²) in [7, 11) is 0. The number of rotatable bonds is 8. The second kappa shape index (κ2) is 9.53. The van der Waals surface area contributed by atoms with E-state index in [4.69, 9.17) is 4.52 Å². The molecule has 1 saturated heterocycles. The smallest absolute Gasteiger partial charge is 0.224 e. The van der Waals surface area contributed by atoms with Gasteiger partial charge in [-0.2, -0.15) is 0 Å². The Morgan fingerprint density at radius 3 is 2.75 bits per heavy atom. The number of likely N-dealkylation sites (tertiary alicyclic amines) is 1. The van der Waals surface area contributed by atoms with Gasteiger partial charge < -0.3 is 14.7 Å². The molecule has 0 bridgehead atoms. The van der Waals surface area contributed by atoms with Crippen LogP contribution in [0.3, 0.4) is 0 Å². The average molecular weight is 383 g/mol. The third-order valence-electron chi connectivity index (χ3n) is 5.47. The highest BCUT2D eigenvalue weighted by Gasteiger charge is 2.29. The largest absolute Gasteiger partial charge is 0.361 e. The van der Waals surface area contributed by atoms with Gasteiger partial charge in [-0.1, -0.05) is 35.5 Å². The summed E-state index contributed by atoms with van der Waals surface area (Å²) in [5.41, 5.74) is 3.26. The van der Waals surface area contributed by atoms with Crippen molar-refractivity contribution in [1.29, 1.82) is 0 Å². The molecule has 1 aliphatic rings. The van der Waals surface area contributed by atoms with Crippen LogP contribution in [0.5, 0.6) is 0 Å². The molecule has 6 nitrogen and oxygen atoms in total. The van der Waals surface area contributed by atoms with Crippen molar-refractivity contribution in [3.05, 3.63) is 52.9 Å². The number of hydrogen-bond acceptors (Lipinski definition) is 4. The number of nitrogens with one attached hydrogen (secondary N) is 1. The molecule has 1 atom stereocenters. The van der Waals surface area contributed by atoms with Crippen LogP contribution in [-0.4, -0.2) is 41.5 Å². The molecule has 2 heterocycles. The highest BCUT2D eigenvalue weighted by molar-refractivity contribution is 5.83. The number of aryl methyl sites for hydroxylation is 2. The van der Waals surface area contributed by atoms with Gasteiger partial charge in [-0.25, -0.2) is 0 Å². The summed E-state index contributed by atoms with van der Waals surface area (Å²) >= 11 is 0. The molecule has 1 aliphatic heterocycles. The van der Waals surface area contributed by atoms with Gasteiger partial charge in [0.25, 0.3) is 0 Å². The standard InChI is InChI=1S/C22H29N3O3/c1-16-20(17(2)28-24-16)9-6-13-23-22(27)19-10-11-21(26)25(15-19)14-12-18-7-4-3-5-8-18/h3-5,7-8,19H,6,9-15H2,1-2H3,(H,23,27). The second-order valence-electron chi connectivity index (χ2n) is 7.51. The van der Waals surface area contributed by atoms with Crippen LogP contribution >= 0.6 is 0 Å². The quantitative estimate of drug-likeness (QED) is 0.711. The van der Waals surface area contributed by atoms with Crippen LogP contribution in [-0.2, 0) is 22.4 Å². The zero-order valence-electron chi connectivity index (χ0n) is 16.7. The first-order valence-electron chi connectivity index (χ1n) is 10.1. The summed E-state index contributed by atoms with van der Waals surface area (Å²) in [6.45, 7) is 5.65. The van der Waals surface area contributed by atoms with Gasteiger partial charge >= 0.3 is 0 Å². The van der Waals surface area contributed by atoms with E-state index in [1.807, 2.05) is 36.9 Å². The number of carbonyl (C=O) groups is 2. The monoisotopic (exact) mass is 383 g/mol. The predicted molar refractivity (Wildman–Crippen MR) is 107 cm³/mol. The number of hydrogen-bond donors (Lipinski definition) is 1. The number of carbonyl (C=O) groups excluding carboxylic acids is 2. The van der Waals surface area contributed by atoms with Gasteiger partial charge in [0, 0.05) is 31.6 Å². The lowest BCUT2D eigenvalue weighted by Gasteiger charge is -2.32. The molecule has 1 fully saturated rings. The third kappa shape index (κ3) is 5.21. The zero-order valence-corrected chi connectivity index (χ0v) is 16.7. The molecule has 1 unspecified atom stereocenters. The maximum absolute atomic E-state index is 12.5. The Bertz CT molecular complexity index is 781. The summed E-state index contributed by atoms with van der Waals surface area (Å²) in [4.78, 5) is 26.6. The topological polar surface area (TPSA) is 75.4 Å². The summed E-state index contributed by atoms with van der Waals surface area (Å²) in [5.74, 6) is 0.936. The molecule has 2 amide bonds. The van der Waals surface area contributed by atoms with E-state index >= 15 is 0 Å².